The maximum absolute atomic E-state index is 12.6. The quantitative estimate of drug-likeness (QED) is 0.0308. The van der Waals surface area contributed by atoms with E-state index in [-0.39, 0.29) is 0 Å². The largest absolute Gasteiger partial charge is 0.394 e. The number of aliphatic hydroxyl groups excluding tert-OH is 4. The van der Waals surface area contributed by atoms with E-state index in [0.717, 1.165) is 38.5 Å². The van der Waals surface area contributed by atoms with Crippen LogP contribution in [-0.2, 0) is 4.79 Å². The number of nitrogens with one attached hydrogen (secondary N) is 1. The van der Waals surface area contributed by atoms with Gasteiger partial charge in [0.2, 0.25) is 5.91 Å². The molecule has 406 valence electrons. The highest BCUT2D eigenvalue weighted by Gasteiger charge is 2.28. The summed E-state index contributed by atoms with van der Waals surface area (Å²) in [6, 6.07) is -0.999. The average Bonchev–Trinajstić information content (AvgIpc) is 3.34. The van der Waals surface area contributed by atoms with Crippen molar-refractivity contribution < 1.29 is 25.2 Å². The summed E-state index contributed by atoms with van der Waals surface area (Å²) in [4.78, 5) is 12.6. The second-order valence-electron chi connectivity index (χ2n) is 21.8. The van der Waals surface area contributed by atoms with Crippen LogP contribution in [-0.4, -0.2) is 57.3 Å². The molecule has 0 aliphatic heterocycles. The molecule has 0 aromatic carbocycles. The lowest BCUT2D eigenvalue weighted by Gasteiger charge is -2.27. The van der Waals surface area contributed by atoms with Gasteiger partial charge >= 0.3 is 0 Å². The van der Waals surface area contributed by atoms with Gasteiger partial charge in [-0.3, -0.25) is 4.79 Å². The predicted molar refractivity (Wildman–Crippen MR) is 298 cm³/mol. The molecule has 1 amide bonds. The van der Waals surface area contributed by atoms with Crippen molar-refractivity contribution in [3.05, 3.63) is 12.2 Å². The molecule has 6 heteroatoms. The van der Waals surface area contributed by atoms with Crippen molar-refractivity contribution in [2.75, 3.05) is 6.61 Å². The summed E-state index contributed by atoms with van der Waals surface area (Å²) < 4.78 is 0. The van der Waals surface area contributed by atoms with Crippen molar-refractivity contribution in [3.63, 3.8) is 0 Å². The van der Waals surface area contributed by atoms with Gasteiger partial charge in [-0.1, -0.05) is 321 Å². The maximum Gasteiger partial charge on any atom is 0.249 e. The number of hydrogen-bond acceptors (Lipinski definition) is 5. The molecule has 0 rings (SSSR count). The Bertz CT molecular complexity index is 990. The number of amides is 1. The van der Waals surface area contributed by atoms with Crippen molar-refractivity contribution in [3.8, 4) is 0 Å². The number of allylic oxidation sites excluding steroid dienone is 2. The van der Waals surface area contributed by atoms with Crippen molar-refractivity contribution in [2.24, 2.45) is 0 Å². The van der Waals surface area contributed by atoms with Crippen LogP contribution in [0.1, 0.15) is 348 Å². The van der Waals surface area contributed by atoms with Crippen LogP contribution in [0.5, 0.6) is 0 Å². The topological polar surface area (TPSA) is 110 Å². The third kappa shape index (κ3) is 50.0. The summed E-state index contributed by atoms with van der Waals surface area (Å²) in [5, 5.41) is 44.1. The maximum atomic E-state index is 12.6. The van der Waals surface area contributed by atoms with Crippen LogP contribution in [0.2, 0.25) is 0 Å². The molecule has 4 unspecified atom stereocenters. The Morgan fingerprint density at radius 2 is 0.603 bits per heavy atom. The first-order valence-electron chi connectivity index (χ1n) is 31.1. The Morgan fingerprint density at radius 1 is 0.353 bits per heavy atom. The number of carbonyl (C=O) groups excluding carboxylic acids is 1. The van der Waals surface area contributed by atoms with Gasteiger partial charge in [-0.2, -0.15) is 0 Å². The fraction of sp³-hybridized carbons (Fsp3) is 0.952. The standard InChI is InChI=1S/C62H123NO5/c1-3-5-7-9-11-13-15-17-19-21-23-25-27-28-29-30-31-32-33-34-36-37-39-41-43-45-47-49-51-53-55-59(65)61(67)58(57-64)63-62(68)60(66)56-54-52-50-48-46-44-42-40-38-35-26-24-22-20-18-16-14-12-10-8-6-4-2/h47,49,58-61,64-67H,3-46,48,50-57H2,1-2H3,(H,63,68)/b49-47+. The average molecular weight is 963 g/mol. The Balaban J connectivity index is 3.58. The molecular formula is C62H123NO5. The van der Waals surface area contributed by atoms with E-state index in [0.29, 0.717) is 12.8 Å². The number of unbranched alkanes of at least 4 members (excludes halogenated alkanes) is 47. The first kappa shape index (κ1) is 67.0. The lowest BCUT2D eigenvalue weighted by molar-refractivity contribution is -0.132. The van der Waals surface area contributed by atoms with Crippen LogP contribution < -0.4 is 5.32 Å². The Kier molecular flexibility index (Phi) is 56.2. The van der Waals surface area contributed by atoms with E-state index < -0.39 is 36.9 Å². The molecule has 68 heavy (non-hydrogen) atoms. The molecule has 4 atom stereocenters. The minimum absolute atomic E-state index is 0.369. The van der Waals surface area contributed by atoms with Gasteiger partial charge in [0.05, 0.1) is 18.8 Å². The first-order chi connectivity index (χ1) is 33.5. The monoisotopic (exact) mass is 962 g/mol. The van der Waals surface area contributed by atoms with Gasteiger partial charge in [0.25, 0.3) is 0 Å². The Morgan fingerprint density at radius 3 is 0.882 bits per heavy atom. The minimum Gasteiger partial charge on any atom is -0.394 e. The highest BCUT2D eigenvalue weighted by atomic mass is 16.3. The van der Waals surface area contributed by atoms with Crippen LogP contribution in [0.3, 0.4) is 0 Å². The summed E-state index contributed by atoms with van der Waals surface area (Å²) in [5.41, 5.74) is 0. The Hall–Kier alpha value is -0.950. The van der Waals surface area contributed by atoms with Gasteiger partial charge in [0.15, 0.2) is 0 Å². The van der Waals surface area contributed by atoms with E-state index in [1.165, 1.54) is 283 Å². The normalized spacial score (nSPS) is 13.7. The minimum atomic E-state index is -1.28. The van der Waals surface area contributed by atoms with Gasteiger partial charge < -0.3 is 25.7 Å². The summed E-state index contributed by atoms with van der Waals surface area (Å²) >= 11 is 0. The molecule has 0 aliphatic rings. The van der Waals surface area contributed by atoms with Crippen LogP contribution in [0.15, 0.2) is 12.2 Å². The van der Waals surface area contributed by atoms with Crippen LogP contribution in [0.4, 0.5) is 0 Å². The predicted octanol–water partition coefficient (Wildman–Crippen LogP) is 18.4. The van der Waals surface area contributed by atoms with Gasteiger partial charge in [0, 0.05) is 0 Å². The van der Waals surface area contributed by atoms with Crippen LogP contribution in [0, 0.1) is 0 Å². The summed E-state index contributed by atoms with van der Waals surface area (Å²) in [5.74, 6) is -0.586. The first-order valence-corrected chi connectivity index (χ1v) is 31.1. The fourth-order valence-corrected chi connectivity index (χ4v) is 10.1. The smallest absolute Gasteiger partial charge is 0.249 e. The molecule has 5 N–H and O–H groups in total. The van der Waals surface area contributed by atoms with Crippen molar-refractivity contribution in [2.45, 2.75) is 372 Å². The molecule has 0 aromatic heterocycles. The molecule has 0 bridgehead atoms. The molecule has 0 heterocycles. The molecular weight excluding hydrogens is 839 g/mol. The third-order valence-electron chi connectivity index (χ3n) is 15.0. The van der Waals surface area contributed by atoms with E-state index in [2.05, 4.69) is 31.3 Å². The zero-order valence-electron chi connectivity index (χ0n) is 46.1. The summed E-state index contributed by atoms with van der Waals surface area (Å²) in [7, 11) is 0. The summed E-state index contributed by atoms with van der Waals surface area (Å²) in [6.45, 7) is 4.09. The molecule has 0 spiro atoms. The second-order valence-corrected chi connectivity index (χ2v) is 21.8. The van der Waals surface area contributed by atoms with Gasteiger partial charge in [-0.05, 0) is 38.5 Å². The Labute approximate surface area is 425 Å². The zero-order chi connectivity index (χ0) is 49.5. The number of hydrogen-bond donors (Lipinski definition) is 5. The second kappa shape index (κ2) is 57.0. The van der Waals surface area contributed by atoms with Crippen molar-refractivity contribution >= 4 is 5.91 Å². The van der Waals surface area contributed by atoms with E-state index in [9.17, 15) is 25.2 Å². The van der Waals surface area contributed by atoms with E-state index in [1.807, 2.05) is 0 Å². The summed E-state index contributed by atoms with van der Waals surface area (Å²) in [6.07, 6.45) is 68.8. The fourth-order valence-electron chi connectivity index (χ4n) is 10.1. The lowest BCUT2D eigenvalue weighted by Crippen LogP contribution is -2.53. The third-order valence-corrected chi connectivity index (χ3v) is 15.0. The highest BCUT2D eigenvalue weighted by molar-refractivity contribution is 5.80. The molecule has 0 fully saturated rings. The zero-order valence-corrected chi connectivity index (χ0v) is 46.1. The number of rotatable bonds is 58. The van der Waals surface area contributed by atoms with Gasteiger partial charge in [0.1, 0.15) is 12.2 Å². The van der Waals surface area contributed by atoms with Crippen LogP contribution >= 0.6 is 0 Å². The van der Waals surface area contributed by atoms with E-state index in [4.69, 9.17) is 0 Å². The van der Waals surface area contributed by atoms with Gasteiger partial charge in [-0.15, -0.1) is 0 Å². The molecule has 6 nitrogen and oxygen atoms in total. The molecule has 0 saturated heterocycles. The van der Waals surface area contributed by atoms with Crippen molar-refractivity contribution in [1.29, 1.82) is 0 Å². The lowest BCUT2D eigenvalue weighted by atomic mass is 10.00. The highest BCUT2D eigenvalue weighted by Crippen LogP contribution is 2.19. The SMILES string of the molecule is CCCCCCCCCCCCCCCCCCCCCCCCCCC/C=C/CCCC(O)C(O)C(CO)NC(=O)C(O)CCCCCCCCCCCCCCCCCCCCCCCC. The van der Waals surface area contributed by atoms with Crippen molar-refractivity contribution in [1.82, 2.24) is 5.32 Å². The molecule has 0 aliphatic carbocycles. The number of carbonyl (C=O) groups is 1. The van der Waals surface area contributed by atoms with Gasteiger partial charge in [-0.25, -0.2) is 0 Å². The molecule has 0 saturated carbocycles. The molecule has 0 radical (unpaired) electrons. The van der Waals surface area contributed by atoms with E-state index in [1.54, 1.807) is 0 Å². The van der Waals surface area contributed by atoms with E-state index >= 15 is 0 Å². The van der Waals surface area contributed by atoms with Crippen LogP contribution in [0.25, 0.3) is 0 Å². The molecule has 0 aromatic rings. The number of aliphatic hydroxyl groups is 4.